The average Bonchev–Trinajstić information content (AvgIpc) is 3.24. The van der Waals surface area contributed by atoms with E-state index in [1.54, 1.807) is 25.3 Å². The first kappa shape index (κ1) is 21.2. The number of amides is 1. The molecule has 2 aliphatic rings. The highest BCUT2D eigenvalue weighted by molar-refractivity contribution is 5.80. The molecular formula is C17H23F3N2O5. The molecule has 3 heterocycles. The second-order valence-electron chi connectivity index (χ2n) is 6.68. The van der Waals surface area contributed by atoms with Gasteiger partial charge in [0.05, 0.1) is 18.9 Å². The van der Waals surface area contributed by atoms with Gasteiger partial charge in [-0.3, -0.25) is 9.69 Å². The fraction of sp³-hybridized carbons (Fsp3) is 0.647. The molecule has 3 rings (SSSR count). The van der Waals surface area contributed by atoms with Crippen LogP contribution in [0.5, 0.6) is 0 Å². The molecule has 2 fully saturated rings. The van der Waals surface area contributed by atoms with Gasteiger partial charge in [-0.1, -0.05) is 0 Å². The Hall–Kier alpha value is -2.07. The first-order valence-electron chi connectivity index (χ1n) is 8.52. The molecule has 0 unspecified atom stereocenters. The summed E-state index contributed by atoms with van der Waals surface area (Å²) in [4.78, 5) is 24.9. The highest BCUT2D eigenvalue weighted by Crippen LogP contribution is 2.32. The third kappa shape index (κ3) is 5.70. The zero-order valence-electron chi connectivity index (χ0n) is 15.1. The standard InChI is InChI=1S/C15H22N2O3.C2HF3O2/c1-16(2)15(18)14-6-5-12-13(20-14)7-8-17(12)10-11-4-3-9-19-11;3-2(4,5)1(6)7/h3-4,9,12-14H,5-8,10H2,1-2H3;(H,6,7)/t12-,13-,14+;/m1./s1. The van der Waals surface area contributed by atoms with Crippen LogP contribution in [-0.2, 0) is 20.9 Å². The van der Waals surface area contributed by atoms with E-state index in [-0.39, 0.29) is 18.1 Å². The van der Waals surface area contributed by atoms with Crippen LogP contribution in [0, 0.1) is 0 Å². The van der Waals surface area contributed by atoms with E-state index in [0.717, 1.165) is 38.1 Å². The van der Waals surface area contributed by atoms with E-state index in [0.29, 0.717) is 6.04 Å². The van der Waals surface area contributed by atoms with E-state index in [1.165, 1.54) is 0 Å². The Morgan fingerprint density at radius 3 is 2.48 bits per heavy atom. The van der Waals surface area contributed by atoms with Crippen LogP contribution in [-0.4, -0.2) is 71.8 Å². The van der Waals surface area contributed by atoms with Crippen LogP contribution in [0.4, 0.5) is 13.2 Å². The fourth-order valence-electron chi connectivity index (χ4n) is 3.28. The number of likely N-dealkylation sites (tertiary alicyclic amines) is 1. The molecule has 152 valence electrons. The molecular weight excluding hydrogens is 369 g/mol. The van der Waals surface area contributed by atoms with Gasteiger partial charge < -0.3 is 19.2 Å². The molecule has 10 heteroatoms. The van der Waals surface area contributed by atoms with Crippen LogP contribution >= 0.6 is 0 Å². The zero-order chi connectivity index (χ0) is 20.2. The molecule has 3 atom stereocenters. The summed E-state index contributed by atoms with van der Waals surface area (Å²) in [6, 6.07) is 4.35. The van der Waals surface area contributed by atoms with Crippen molar-refractivity contribution in [1.82, 2.24) is 9.80 Å². The number of hydrogen-bond donors (Lipinski definition) is 1. The second-order valence-corrected chi connectivity index (χ2v) is 6.68. The summed E-state index contributed by atoms with van der Waals surface area (Å²) in [6.45, 7) is 1.85. The summed E-state index contributed by atoms with van der Waals surface area (Å²) in [5.41, 5.74) is 0. The minimum Gasteiger partial charge on any atom is -0.475 e. The number of rotatable bonds is 3. The van der Waals surface area contributed by atoms with Gasteiger partial charge in [0.1, 0.15) is 11.9 Å². The zero-order valence-corrected chi connectivity index (χ0v) is 15.1. The summed E-state index contributed by atoms with van der Waals surface area (Å²) in [7, 11) is 3.57. The average molecular weight is 392 g/mol. The van der Waals surface area contributed by atoms with Crippen molar-refractivity contribution < 1.29 is 37.0 Å². The van der Waals surface area contributed by atoms with E-state index in [9.17, 15) is 18.0 Å². The van der Waals surface area contributed by atoms with E-state index >= 15 is 0 Å². The maximum Gasteiger partial charge on any atom is 0.490 e. The number of aliphatic carboxylic acids is 1. The number of fused-ring (bicyclic) bond motifs is 1. The highest BCUT2D eigenvalue weighted by atomic mass is 19.4. The number of carbonyl (C=O) groups is 2. The number of halogens is 3. The molecule has 1 N–H and O–H groups in total. The molecule has 1 aromatic rings. The van der Waals surface area contributed by atoms with Crippen molar-refractivity contribution in [3.63, 3.8) is 0 Å². The molecule has 2 saturated heterocycles. The van der Waals surface area contributed by atoms with Crippen LogP contribution in [0.2, 0.25) is 0 Å². The van der Waals surface area contributed by atoms with Crippen molar-refractivity contribution in [2.75, 3.05) is 20.6 Å². The number of carboxylic acids is 1. The molecule has 7 nitrogen and oxygen atoms in total. The third-order valence-electron chi connectivity index (χ3n) is 4.56. The Morgan fingerprint density at radius 2 is 1.96 bits per heavy atom. The minimum absolute atomic E-state index is 0.0907. The van der Waals surface area contributed by atoms with Crippen molar-refractivity contribution in [1.29, 1.82) is 0 Å². The molecule has 0 spiro atoms. The number of hydrogen-bond acceptors (Lipinski definition) is 5. The van der Waals surface area contributed by atoms with Crippen LogP contribution in [0.25, 0.3) is 0 Å². The van der Waals surface area contributed by atoms with Crippen LogP contribution in [0.1, 0.15) is 25.0 Å². The van der Waals surface area contributed by atoms with E-state index in [2.05, 4.69) is 4.90 Å². The summed E-state index contributed by atoms with van der Waals surface area (Å²) in [5, 5.41) is 7.12. The van der Waals surface area contributed by atoms with Gasteiger partial charge in [0, 0.05) is 26.7 Å². The predicted molar refractivity (Wildman–Crippen MR) is 87.8 cm³/mol. The lowest BCUT2D eigenvalue weighted by Gasteiger charge is -2.36. The van der Waals surface area contributed by atoms with Gasteiger partial charge in [-0.15, -0.1) is 0 Å². The van der Waals surface area contributed by atoms with Crippen molar-refractivity contribution >= 4 is 11.9 Å². The summed E-state index contributed by atoms with van der Waals surface area (Å²) in [6.07, 6.45) is -0.598. The van der Waals surface area contributed by atoms with Gasteiger partial charge in [0.25, 0.3) is 5.91 Å². The van der Waals surface area contributed by atoms with Crippen molar-refractivity contribution in [3.8, 4) is 0 Å². The molecule has 0 aromatic carbocycles. The van der Waals surface area contributed by atoms with Gasteiger partial charge in [-0.05, 0) is 31.4 Å². The third-order valence-corrected chi connectivity index (χ3v) is 4.56. The van der Waals surface area contributed by atoms with Gasteiger partial charge >= 0.3 is 12.1 Å². The van der Waals surface area contributed by atoms with E-state index in [1.807, 2.05) is 12.1 Å². The number of furan rings is 1. The summed E-state index contributed by atoms with van der Waals surface area (Å²) in [5.74, 6) is -1.67. The Bertz CT molecular complexity index is 633. The number of nitrogens with zero attached hydrogens (tertiary/aromatic N) is 2. The Kier molecular flexibility index (Phi) is 6.88. The van der Waals surface area contributed by atoms with E-state index < -0.39 is 12.1 Å². The summed E-state index contributed by atoms with van der Waals surface area (Å²) >= 11 is 0. The normalized spacial score (nSPS) is 25.3. The lowest BCUT2D eigenvalue weighted by atomic mass is 9.98. The van der Waals surface area contributed by atoms with Crippen LogP contribution in [0.3, 0.4) is 0 Å². The topological polar surface area (TPSA) is 83.2 Å². The van der Waals surface area contributed by atoms with Gasteiger partial charge in [0.15, 0.2) is 0 Å². The largest absolute Gasteiger partial charge is 0.490 e. The molecule has 0 aliphatic carbocycles. The SMILES string of the molecule is CN(C)C(=O)[C@@H]1CC[C@@H]2[C@@H](CCN2Cc2ccco2)O1.O=C(O)C(F)(F)F. The fourth-order valence-corrected chi connectivity index (χ4v) is 3.28. The van der Waals surface area contributed by atoms with Gasteiger partial charge in [-0.25, -0.2) is 4.79 Å². The van der Waals surface area contributed by atoms with Crippen molar-refractivity contribution in [2.45, 2.75) is 50.2 Å². The van der Waals surface area contributed by atoms with Gasteiger partial charge in [0.2, 0.25) is 0 Å². The molecule has 0 saturated carbocycles. The molecule has 2 aliphatic heterocycles. The number of carboxylic acid groups (broad SMARTS) is 1. The maximum atomic E-state index is 12.0. The number of likely N-dealkylation sites (N-methyl/N-ethyl adjacent to an activating group) is 1. The predicted octanol–water partition coefficient (Wildman–Crippen LogP) is 2.12. The Morgan fingerprint density at radius 1 is 1.30 bits per heavy atom. The Balaban J connectivity index is 0.000000321. The highest BCUT2D eigenvalue weighted by Gasteiger charge is 2.42. The van der Waals surface area contributed by atoms with Crippen molar-refractivity contribution in [3.05, 3.63) is 24.2 Å². The smallest absolute Gasteiger partial charge is 0.475 e. The van der Waals surface area contributed by atoms with Crippen LogP contribution < -0.4 is 0 Å². The second kappa shape index (κ2) is 8.75. The van der Waals surface area contributed by atoms with E-state index in [4.69, 9.17) is 19.1 Å². The lowest BCUT2D eigenvalue weighted by molar-refractivity contribution is -0.192. The lowest BCUT2D eigenvalue weighted by Crippen LogP contribution is -2.47. The maximum absolute atomic E-state index is 12.0. The molecule has 1 aromatic heterocycles. The first-order valence-corrected chi connectivity index (χ1v) is 8.52. The molecule has 0 bridgehead atoms. The van der Waals surface area contributed by atoms with Crippen molar-refractivity contribution in [2.24, 2.45) is 0 Å². The summed E-state index contributed by atoms with van der Waals surface area (Å²) < 4.78 is 43.2. The first-order chi connectivity index (χ1) is 12.6. The molecule has 27 heavy (non-hydrogen) atoms. The quantitative estimate of drug-likeness (QED) is 0.849. The Labute approximate surface area is 154 Å². The molecule has 0 radical (unpaired) electrons. The molecule has 1 amide bonds. The monoisotopic (exact) mass is 392 g/mol. The number of alkyl halides is 3. The van der Waals surface area contributed by atoms with Crippen LogP contribution in [0.15, 0.2) is 22.8 Å². The van der Waals surface area contributed by atoms with Gasteiger partial charge in [-0.2, -0.15) is 13.2 Å². The number of carbonyl (C=O) groups excluding carboxylic acids is 1. The number of ether oxygens (including phenoxy) is 1. The minimum atomic E-state index is -5.08.